The van der Waals surface area contributed by atoms with Crippen molar-refractivity contribution in [2.75, 3.05) is 5.32 Å². The summed E-state index contributed by atoms with van der Waals surface area (Å²) in [6.07, 6.45) is 1.50. The van der Waals surface area contributed by atoms with Gasteiger partial charge in [0.1, 0.15) is 18.7 Å². The molecule has 0 aliphatic carbocycles. The number of benzene rings is 3. The van der Waals surface area contributed by atoms with Crippen LogP contribution in [0.5, 0.6) is 5.75 Å². The average Bonchev–Trinajstić information content (AvgIpc) is 3.28. The summed E-state index contributed by atoms with van der Waals surface area (Å²) >= 11 is 0. The van der Waals surface area contributed by atoms with Crippen LogP contribution in [0.2, 0.25) is 0 Å². The number of carbonyl (C=O) groups excluding carboxylic acids is 1. The van der Waals surface area contributed by atoms with Crippen molar-refractivity contribution in [3.05, 3.63) is 96.3 Å². The number of nitrogens with one attached hydrogen (secondary N) is 1. The number of aromatic nitrogens is 4. The van der Waals surface area contributed by atoms with E-state index < -0.39 is 0 Å². The molecule has 0 atom stereocenters. The predicted molar refractivity (Wildman–Crippen MR) is 104 cm³/mol. The van der Waals surface area contributed by atoms with Crippen molar-refractivity contribution in [3.63, 3.8) is 0 Å². The van der Waals surface area contributed by atoms with E-state index in [2.05, 4.69) is 20.8 Å². The van der Waals surface area contributed by atoms with Crippen molar-refractivity contribution in [3.8, 4) is 11.4 Å². The van der Waals surface area contributed by atoms with Crippen LogP contribution >= 0.6 is 0 Å². The van der Waals surface area contributed by atoms with Gasteiger partial charge in [-0.2, -0.15) is 0 Å². The first kappa shape index (κ1) is 17.4. The van der Waals surface area contributed by atoms with E-state index in [1.54, 1.807) is 12.1 Å². The highest BCUT2D eigenvalue weighted by Gasteiger charge is 2.12. The van der Waals surface area contributed by atoms with E-state index in [0.717, 1.165) is 17.0 Å². The van der Waals surface area contributed by atoms with Gasteiger partial charge in [0, 0.05) is 16.8 Å². The molecular weight excluding hydrogens is 354 g/mol. The summed E-state index contributed by atoms with van der Waals surface area (Å²) in [4.78, 5) is 12.8. The standard InChI is InChI=1S/C21H17N5O2/c27-21(23-17-8-6-9-18(13-17)26-15-22-24-25-26)20-12-5-4-7-16(20)14-28-19-10-2-1-3-11-19/h1-13,15H,14H2,(H,23,27). The van der Waals surface area contributed by atoms with Gasteiger partial charge in [-0.1, -0.05) is 42.5 Å². The fourth-order valence-electron chi connectivity index (χ4n) is 2.75. The zero-order valence-electron chi connectivity index (χ0n) is 14.9. The smallest absolute Gasteiger partial charge is 0.256 e. The van der Waals surface area contributed by atoms with Gasteiger partial charge < -0.3 is 10.1 Å². The fourth-order valence-corrected chi connectivity index (χ4v) is 2.75. The first-order valence-electron chi connectivity index (χ1n) is 8.70. The van der Waals surface area contributed by atoms with Crippen molar-refractivity contribution in [1.29, 1.82) is 0 Å². The molecule has 1 aromatic heterocycles. The van der Waals surface area contributed by atoms with Crippen LogP contribution in [0.25, 0.3) is 5.69 Å². The van der Waals surface area contributed by atoms with Crippen molar-refractivity contribution < 1.29 is 9.53 Å². The van der Waals surface area contributed by atoms with Gasteiger partial charge in [0.2, 0.25) is 0 Å². The predicted octanol–water partition coefficient (Wildman–Crippen LogP) is 3.49. The quantitative estimate of drug-likeness (QED) is 0.561. The second-order valence-corrected chi connectivity index (χ2v) is 6.02. The molecule has 4 aromatic rings. The van der Waals surface area contributed by atoms with Gasteiger partial charge in [0.25, 0.3) is 5.91 Å². The van der Waals surface area contributed by atoms with Crippen LogP contribution in [0.4, 0.5) is 5.69 Å². The van der Waals surface area contributed by atoms with Crippen LogP contribution in [0.15, 0.2) is 85.2 Å². The molecular formula is C21H17N5O2. The maximum Gasteiger partial charge on any atom is 0.256 e. The van der Waals surface area contributed by atoms with Crippen molar-refractivity contribution in [2.24, 2.45) is 0 Å². The van der Waals surface area contributed by atoms with Gasteiger partial charge in [-0.15, -0.1) is 5.10 Å². The summed E-state index contributed by atoms with van der Waals surface area (Å²) in [5.41, 5.74) is 2.77. The zero-order chi connectivity index (χ0) is 19.2. The van der Waals surface area contributed by atoms with Crippen LogP contribution in [0.1, 0.15) is 15.9 Å². The number of carbonyl (C=O) groups is 1. The number of hydrogen-bond acceptors (Lipinski definition) is 5. The molecule has 0 unspecified atom stereocenters. The van der Waals surface area contributed by atoms with E-state index in [1.807, 2.05) is 66.7 Å². The maximum absolute atomic E-state index is 12.8. The molecule has 0 fully saturated rings. The Hall–Kier alpha value is -4.00. The molecule has 138 valence electrons. The number of rotatable bonds is 6. The molecule has 0 radical (unpaired) electrons. The molecule has 3 aromatic carbocycles. The van der Waals surface area contributed by atoms with Crippen LogP contribution in [0, 0.1) is 0 Å². The third-order valence-corrected chi connectivity index (χ3v) is 4.12. The minimum atomic E-state index is -0.207. The van der Waals surface area contributed by atoms with Crippen LogP contribution in [-0.4, -0.2) is 26.1 Å². The summed E-state index contributed by atoms with van der Waals surface area (Å²) in [7, 11) is 0. The SMILES string of the molecule is O=C(Nc1cccc(-n2cnnn2)c1)c1ccccc1COc1ccccc1. The van der Waals surface area contributed by atoms with E-state index >= 15 is 0 Å². The lowest BCUT2D eigenvalue weighted by molar-refractivity contribution is 0.102. The Morgan fingerprint density at radius 2 is 1.79 bits per heavy atom. The molecule has 7 nitrogen and oxygen atoms in total. The highest BCUT2D eigenvalue weighted by atomic mass is 16.5. The largest absolute Gasteiger partial charge is 0.489 e. The number of para-hydroxylation sites is 1. The van der Waals surface area contributed by atoms with Crippen molar-refractivity contribution in [1.82, 2.24) is 20.2 Å². The van der Waals surface area contributed by atoms with E-state index in [9.17, 15) is 4.79 Å². The van der Waals surface area contributed by atoms with Gasteiger partial charge >= 0.3 is 0 Å². The molecule has 0 bridgehead atoms. The molecule has 28 heavy (non-hydrogen) atoms. The van der Waals surface area contributed by atoms with Crippen LogP contribution in [-0.2, 0) is 6.61 Å². The minimum Gasteiger partial charge on any atom is -0.489 e. The number of tetrazole rings is 1. The Kier molecular flexibility index (Phi) is 5.06. The highest BCUT2D eigenvalue weighted by Crippen LogP contribution is 2.18. The Balaban J connectivity index is 1.50. The Labute approximate surface area is 161 Å². The first-order valence-corrected chi connectivity index (χ1v) is 8.70. The second-order valence-electron chi connectivity index (χ2n) is 6.02. The fraction of sp³-hybridized carbons (Fsp3) is 0.0476. The van der Waals surface area contributed by atoms with Crippen molar-refractivity contribution in [2.45, 2.75) is 6.61 Å². The molecule has 0 aliphatic heterocycles. The molecule has 0 saturated carbocycles. The van der Waals surface area contributed by atoms with Gasteiger partial charge in [-0.25, -0.2) is 4.68 Å². The molecule has 0 spiro atoms. The van der Waals surface area contributed by atoms with E-state index in [4.69, 9.17) is 4.74 Å². The minimum absolute atomic E-state index is 0.207. The van der Waals surface area contributed by atoms with Gasteiger partial charge in [0.15, 0.2) is 0 Å². The molecule has 7 heteroatoms. The molecule has 4 rings (SSSR count). The number of amides is 1. The third kappa shape index (κ3) is 4.04. The molecule has 0 saturated heterocycles. The second kappa shape index (κ2) is 8.13. The molecule has 1 heterocycles. The van der Waals surface area contributed by atoms with Gasteiger partial charge in [0.05, 0.1) is 5.69 Å². The van der Waals surface area contributed by atoms with E-state index in [-0.39, 0.29) is 5.91 Å². The summed E-state index contributed by atoms with van der Waals surface area (Å²) in [6.45, 7) is 0.304. The summed E-state index contributed by atoms with van der Waals surface area (Å²) in [5.74, 6) is 0.549. The highest BCUT2D eigenvalue weighted by molar-refractivity contribution is 6.05. The number of nitrogens with zero attached hydrogens (tertiary/aromatic N) is 4. The Morgan fingerprint density at radius 3 is 2.61 bits per heavy atom. The first-order chi connectivity index (χ1) is 13.8. The van der Waals surface area contributed by atoms with Crippen LogP contribution < -0.4 is 10.1 Å². The monoisotopic (exact) mass is 371 g/mol. The Morgan fingerprint density at radius 1 is 0.964 bits per heavy atom. The number of hydrogen-bond donors (Lipinski definition) is 1. The summed E-state index contributed by atoms with van der Waals surface area (Å²) in [6, 6.07) is 24.2. The molecule has 1 amide bonds. The van der Waals surface area contributed by atoms with Gasteiger partial charge in [-0.05, 0) is 46.8 Å². The summed E-state index contributed by atoms with van der Waals surface area (Å²) < 4.78 is 7.32. The lowest BCUT2D eigenvalue weighted by Gasteiger charge is -2.12. The van der Waals surface area contributed by atoms with E-state index in [0.29, 0.717) is 17.9 Å². The number of anilines is 1. The summed E-state index contributed by atoms with van der Waals surface area (Å²) in [5, 5.41) is 14.0. The lowest BCUT2D eigenvalue weighted by Crippen LogP contribution is -2.15. The van der Waals surface area contributed by atoms with E-state index in [1.165, 1.54) is 11.0 Å². The van der Waals surface area contributed by atoms with Crippen LogP contribution in [0.3, 0.4) is 0 Å². The maximum atomic E-state index is 12.8. The molecule has 0 aliphatic rings. The lowest BCUT2D eigenvalue weighted by atomic mass is 10.1. The van der Waals surface area contributed by atoms with Gasteiger partial charge in [-0.3, -0.25) is 4.79 Å². The zero-order valence-corrected chi connectivity index (χ0v) is 14.9. The molecule has 1 N–H and O–H groups in total. The third-order valence-electron chi connectivity index (χ3n) is 4.12. The average molecular weight is 371 g/mol. The van der Waals surface area contributed by atoms with Crippen molar-refractivity contribution >= 4 is 11.6 Å². The Bertz CT molecular complexity index is 1070. The topological polar surface area (TPSA) is 81.9 Å². The normalized spacial score (nSPS) is 10.4. The number of ether oxygens (including phenoxy) is 1.